The Balaban J connectivity index is 4.33. The molecule has 0 aromatic rings. The average Bonchev–Trinajstić information content (AvgIpc) is 1.98. The Labute approximate surface area is 83.0 Å². The number of ether oxygens (including phenoxy) is 1. The fourth-order valence-corrected chi connectivity index (χ4v) is 0.579. The summed E-state index contributed by atoms with van der Waals surface area (Å²) < 4.78 is 4.95. The Hall–Kier alpha value is -1.46. The first-order chi connectivity index (χ1) is 6.15. The van der Waals surface area contributed by atoms with Crippen molar-refractivity contribution in [1.82, 2.24) is 10.0 Å². The van der Waals surface area contributed by atoms with Crippen LogP contribution in [0.15, 0.2) is 0 Å². The highest BCUT2D eigenvalue weighted by Crippen LogP contribution is 2.09. The van der Waals surface area contributed by atoms with Crippen molar-refractivity contribution in [2.75, 3.05) is 14.1 Å². The molecule has 0 aromatic carbocycles. The molecule has 2 amide bonds. The van der Waals surface area contributed by atoms with Crippen molar-refractivity contribution in [3.8, 4) is 0 Å². The second-order valence-corrected chi connectivity index (χ2v) is 3.81. The van der Waals surface area contributed by atoms with Crippen LogP contribution in [0.1, 0.15) is 20.8 Å². The lowest BCUT2D eigenvalue weighted by Crippen LogP contribution is -2.46. The van der Waals surface area contributed by atoms with E-state index in [1.807, 2.05) is 0 Å². The van der Waals surface area contributed by atoms with Crippen molar-refractivity contribution >= 4 is 12.2 Å². The molecule has 0 spiro atoms. The molecule has 0 rings (SSSR count). The molecule has 0 fully saturated rings. The smallest absolute Gasteiger partial charge is 0.429 e. The zero-order valence-electron chi connectivity index (χ0n) is 9.07. The van der Waals surface area contributed by atoms with Gasteiger partial charge in [-0.2, -0.15) is 0 Å². The molecule has 0 aliphatic rings. The van der Waals surface area contributed by atoms with Crippen molar-refractivity contribution in [2.24, 2.45) is 0 Å². The van der Waals surface area contributed by atoms with Crippen LogP contribution in [0.2, 0.25) is 0 Å². The summed E-state index contributed by atoms with van der Waals surface area (Å²) in [6.45, 7) is 5.12. The normalized spacial score (nSPS) is 10.6. The van der Waals surface area contributed by atoms with Gasteiger partial charge in [0, 0.05) is 14.1 Å². The van der Waals surface area contributed by atoms with Crippen LogP contribution in [0.3, 0.4) is 0 Å². The highest BCUT2D eigenvalue weighted by molar-refractivity contribution is 5.72. The van der Waals surface area contributed by atoms with E-state index in [0.717, 1.165) is 10.0 Å². The van der Waals surface area contributed by atoms with Crippen LogP contribution in [0.25, 0.3) is 0 Å². The van der Waals surface area contributed by atoms with E-state index in [4.69, 9.17) is 9.84 Å². The Morgan fingerprint density at radius 2 is 1.57 bits per heavy atom. The Bertz CT molecular complexity index is 234. The van der Waals surface area contributed by atoms with Crippen LogP contribution in [0.5, 0.6) is 0 Å². The van der Waals surface area contributed by atoms with Crippen LogP contribution in [-0.2, 0) is 4.74 Å². The van der Waals surface area contributed by atoms with E-state index in [-0.39, 0.29) is 0 Å². The highest BCUT2D eigenvalue weighted by atomic mass is 16.6. The molecule has 6 nitrogen and oxygen atoms in total. The van der Waals surface area contributed by atoms with Crippen LogP contribution in [0, 0.1) is 0 Å². The zero-order chi connectivity index (χ0) is 11.5. The zero-order valence-corrected chi connectivity index (χ0v) is 9.07. The number of hydrogen-bond donors (Lipinski definition) is 1. The number of nitrogens with zero attached hydrogens (tertiary/aromatic N) is 2. The van der Waals surface area contributed by atoms with E-state index >= 15 is 0 Å². The van der Waals surface area contributed by atoms with Crippen LogP contribution < -0.4 is 0 Å². The maximum Gasteiger partial charge on any atom is 0.429 e. The van der Waals surface area contributed by atoms with Crippen LogP contribution in [-0.4, -0.2) is 47.0 Å². The molecule has 0 aromatic heterocycles. The molecule has 0 unspecified atom stereocenters. The largest absolute Gasteiger partial charge is 0.464 e. The topological polar surface area (TPSA) is 70.1 Å². The summed E-state index contributed by atoms with van der Waals surface area (Å²) in [5, 5.41) is 10.2. The molecule has 6 heteroatoms. The second kappa shape index (κ2) is 4.17. The number of carboxylic acid groups (broad SMARTS) is 1. The summed E-state index contributed by atoms with van der Waals surface area (Å²) in [5.41, 5.74) is -0.634. The monoisotopic (exact) mass is 204 g/mol. The Morgan fingerprint density at radius 1 is 1.14 bits per heavy atom. The fourth-order valence-electron chi connectivity index (χ4n) is 0.579. The Kier molecular flexibility index (Phi) is 3.73. The lowest BCUT2D eigenvalue weighted by atomic mass is 10.2. The van der Waals surface area contributed by atoms with Crippen molar-refractivity contribution in [3.05, 3.63) is 0 Å². The van der Waals surface area contributed by atoms with E-state index < -0.39 is 17.8 Å². The summed E-state index contributed by atoms with van der Waals surface area (Å²) in [4.78, 5) is 21.8. The lowest BCUT2D eigenvalue weighted by molar-refractivity contribution is -0.0193. The molecule has 0 aliphatic heterocycles. The van der Waals surface area contributed by atoms with Gasteiger partial charge in [0.15, 0.2) is 0 Å². The third-order valence-electron chi connectivity index (χ3n) is 1.38. The standard InChI is InChI=1S/C8H16N2O4/c1-8(2,3)14-7(13)10(5)9(4)6(11)12/h1-5H3,(H,11,12). The maximum atomic E-state index is 11.3. The van der Waals surface area contributed by atoms with Crippen molar-refractivity contribution in [3.63, 3.8) is 0 Å². The molecular weight excluding hydrogens is 188 g/mol. The molecule has 0 radical (unpaired) electrons. The van der Waals surface area contributed by atoms with Gasteiger partial charge in [0.2, 0.25) is 0 Å². The van der Waals surface area contributed by atoms with Gasteiger partial charge < -0.3 is 9.84 Å². The van der Waals surface area contributed by atoms with E-state index in [1.54, 1.807) is 20.8 Å². The summed E-state index contributed by atoms with van der Waals surface area (Å²) in [5.74, 6) is 0. The molecule has 1 N–H and O–H groups in total. The van der Waals surface area contributed by atoms with Crippen LogP contribution >= 0.6 is 0 Å². The van der Waals surface area contributed by atoms with Crippen molar-refractivity contribution in [1.29, 1.82) is 0 Å². The minimum Gasteiger partial charge on any atom is -0.464 e. The van der Waals surface area contributed by atoms with Gasteiger partial charge in [-0.3, -0.25) is 0 Å². The number of hydrazine groups is 1. The van der Waals surface area contributed by atoms with Crippen molar-refractivity contribution in [2.45, 2.75) is 26.4 Å². The predicted molar refractivity (Wildman–Crippen MR) is 49.8 cm³/mol. The fraction of sp³-hybridized carbons (Fsp3) is 0.750. The second-order valence-electron chi connectivity index (χ2n) is 3.81. The first-order valence-electron chi connectivity index (χ1n) is 4.08. The van der Waals surface area contributed by atoms with E-state index in [9.17, 15) is 9.59 Å². The molecule has 0 heterocycles. The Morgan fingerprint density at radius 3 is 1.86 bits per heavy atom. The summed E-state index contributed by atoms with van der Waals surface area (Å²) >= 11 is 0. The van der Waals surface area contributed by atoms with Gasteiger partial charge in [0.25, 0.3) is 0 Å². The molecular formula is C8H16N2O4. The number of carbonyl (C=O) groups excluding carboxylic acids is 1. The molecule has 82 valence electrons. The quantitative estimate of drug-likeness (QED) is 0.605. The van der Waals surface area contributed by atoms with E-state index in [0.29, 0.717) is 0 Å². The van der Waals surface area contributed by atoms with E-state index in [1.165, 1.54) is 14.1 Å². The summed E-state index contributed by atoms with van der Waals surface area (Å²) in [6, 6.07) is 0. The maximum absolute atomic E-state index is 11.3. The molecule has 0 saturated carbocycles. The van der Waals surface area contributed by atoms with Gasteiger partial charge in [0.1, 0.15) is 5.60 Å². The van der Waals surface area contributed by atoms with Gasteiger partial charge in [-0.15, -0.1) is 0 Å². The van der Waals surface area contributed by atoms with Gasteiger partial charge >= 0.3 is 12.2 Å². The molecule has 0 aliphatic carbocycles. The van der Waals surface area contributed by atoms with E-state index in [2.05, 4.69) is 0 Å². The van der Waals surface area contributed by atoms with Crippen LogP contribution in [0.4, 0.5) is 9.59 Å². The predicted octanol–water partition coefficient (Wildman–Crippen LogP) is 1.38. The summed E-state index contributed by atoms with van der Waals surface area (Å²) in [6.07, 6.45) is -1.93. The SMILES string of the molecule is CN(C(=O)O)N(C)C(=O)OC(C)(C)C. The first-order valence-corrected chi connectivity index (χ1v) is 4.08. The number of carbonyl (C=O) groups is 2. The van der Waals surface area contributed by atoms with Gasteiger partial charge in [-0.05, 0) is 20.8 Å². The molecule has 0 saturated heterocycles. The average molecular weight is 204 g/mol. The lowest BCUT2D eigenvalue weighted by Gasteiger charge is -2.28. The number of hydrogen-bond acceptors (Lipinski definition) is 3. The van der Waals surface area contributed by atoms with Gasteiger partial charge in [-0.1, -0.05) is 0 Å². The number of amides is 2. The minimum atomic E-state index is -1.22. The minimum absolute atomic E-state index is 0.634. The molecule has 0 atom stereocenters. The number of rotatable bonds is 0. The van der Waals surface area contributed by atoms with Crippen molar-refractivity contribution < 1.29 is 19.4 Å². The third kappa shape index (κ3) is 3.97. The molecule has 0 bridgehead atoms. The third-order valence-corrected chi connectivity index (χ3v) is 1.38. The van der Waals surface area contributed by atoms with Gasteiger partial charge in [0.05, 0.1) is 0 Å². The summed E-state index contributed by atoms with van der Waals surface area (Å²) in [7, 11) is 2.58. The van der Waals surface area contributed by atoms with Gasteiger partial charge in [-0.25, -0.2) is 19.6 Å². The highest BCUT2D eigenvalue weighted by Gasteiger charge is 2.24. The first kappa shape index (κ1) is 12.5. The molecule has 14 heavy (non-hydrogen) atoms.